The molecule has 2 heterocycles. The summed E-state index contributed by atoms with van der Waals surface area (Å²) in [5.41, 5.74) is 0.397. The Bertz CT molecular complexity index is 219. The molecular formula is C12H25N3. The molecule has 0 amide bonds. The summed E-state index contributed by atoms with van der Waals surface area (Å²) in [6.07, 6.45) is 1.33. The smallest absolute Gasteiger partial charge is 0.0241 e. The van der Waals surface area contributed by atoms with Crippen LogP contribution in [0.25, 0.3) is 0 Å². The van der Waals surface area contributed by atoms with E-state index >= 15 is 0 Å². The third kappa shape index (κ3) is 2.35. The summed E-state index contributed by atoms with van der Waals surface area (Å²) in [6, 6.07) is 0.790. The van der Waals surface area contributed by atoms with Gasteiger partial charge in [-0.2, -0.15) is 0 Å². The van der Waals surface area contributed by atoms with Gasteiger partial charge in [0, 0.05) is 44.3 Å². The summed E-state index contributed by atoms with van der Waals surface area (Å²) >= 11 is 0. The third-order valence-electron chi connectivity index (χ3n) is 4.31. The molecule has 2 fully saturated rings. The molecule has 3 nitrogen and oxygen atoms in total. The fraction of sp³-hybridized carbons (Fsp3) is 1.00. The molecule has 2 aliphatic rings. The second kappa shape index (κ2) is 4.04. The monoisotopic (exact) mass is 211 g/mol. The van der Waals surface area contributed by atoms with E-state index in [1.165, 1.54) is 39.1 Å². The molecule has 2 aliphatic heterocycles. The van der Waals surface area contributed by atoms with E-state index in [9.17, 15) is 0 Å². The Labute approximate surface area is 94.0 Å². The first-order valence-electron chi connectivity index (χ1n) is 6.13. The van der Waals surface area contributed by atoms with E-state index in [0.29, 0.717) is 5.54 Å². The fourth-order valence-corrected chi connectivity index (χ4v) is 2.79. The van der Waals surface area contributed by atoms with Gasteiger partial charge in [-0.25, -0.2) is 0 Å². The molecule has 0 spiro atoms. The summed E-state index contributed by atoms with van der Waals surface area (Å²) in [5.74, 6) is 0. The number of piperazine rings is 1. The van der Waals surface area contributed by atoms with E-state index in [2.05, 4.69) is 42.6 Å². The van der Waals surface area contributed by atoms with E-state index in [-0.39, 0.29) is 0 Å². The van der Waals surface area contributed by atoms with Gasteiger partial charge in [0.15, 0.2) is 0 Å². The highest BCUT2D eigenvalue weighted by molar-refractivity contribution is 4.96. The van der Waals surface area contributed by atoms with Crippen molar-refractivity contribution >= 4 is 0 Å². The van der Waals surface area contributed by atoms with Crippen LogP contribution in [0.3, 0.4) is 0 Å². The Morgan fingerprint density at radius 2 is 1.60 bits per heavy atom. The average molecular weight is 211 g/mol. The molecular weight excluding hydrogens is 186 g/mol. The lowest BCUT2D eigenvalue weighted by molar-refractivity contribution is 0.114. The van der Waals surface area contributed by atoms with Crippen molar-refractivity contribution in [3.8, 4) is 0 Å². The van der Waals surface area contributed by atoms with Gasteiger partial charge in [-0.1, -0.05) is 0 Å². The van der Waals surface area contributed by atoms with Gasteiger partial charge in [-0.15, -0.1) is 0 Å². The Kier molecular flexibility index (Phi) is 3.06. The van der Waals surface area contributed by atoms with Crippen LogP contribution in [0.5, 0.6) is 0 Å². The first kappa shape index (κ1) is 11.4. The molecule has 0 saturated carbocycles. The summed E-state index contributed by atoms with van der Waals surface area (Å²) < 4.78 is 0. The van der Waals surface area contributed by atoms with Crippen LogP contribution in [0.1, 0.15) is 20.3 Å². The number of hydrogen-bond donors (Lipinski definition) is 0. The highest BCUT2D eigenvalue weighted by Gasteiger charge is 2.38. The van der Waals surface area contributed by atoms with Crippen molar-refractivity contribution in [1.29, 1.82) is 0 Å². The van der Waals surface area contributed by atoms with Crippen LogP contribution in [-0.2, 0) is 0 Å². The minimum absolute atomic E-state index is 0.397. The molecule has 0 aromatic carbocycles. The highest BCUT2D eigenvalue weighted by Crippen LogP contribution is 2.30. The number of rotatable bonds is 1. The number of likely N-dealkylation sites (N-methyl/N-ethyl adjacent to an activating group) is 2. The van der Waals surface area contributed by atoms with Crippen LogP contribution in [0.4, 0.5) is 0 Å². The predicted octanol–water partition coefficient (Wildman–Crippen LogP) is 0.717. The van der Waals surface area contributed by atoms with E-state index in [4.69, 9.17) is 0 Å². The number of hydrogen-bond acceptors (Lipinski definition) is 3. The predicted molar refractivity (Wildman–Crippen MR) is 64.2 cm³/mol. The SMILES string of the molecule is CN1CCN(C2CN(C)C(C)(C)C2)CC1. The van der Waals surface area contributed by atoms with E-state index in [0.717, 1.165) is 6.04 Å². The summed E-state index contributed by atoms with van der Waals surface area (Å²) in [5, 5.41) is 0. The topological polar surface area (TPSA) is 9.72 Å². The standard InChI is InChI=1S/C12H25N3/c1-12(2)9-11(10-14(12)4)15-7-5-13(3)6-8-15/h11H,5-10H2,1-4H3. The maximum atomic E-state index is 2.69. The van der Waals surface area contributed by atoms with Crippen LogP contribution < -0.4 is 0 Å². The summed E-state index contributed by atoms with van der Waals surface area (Å²) in [4.78, 5) is 7.63. The number of nitrogens with zero attached hydrogens (tertiary/aromatic N) is 3. The first-order valence-corrected chi connectivity index (χ1v) is 6.13. The molecule has 2 rings (SSSR count). The van der Waals surface area contributed by atoms with Crippen molar-refractivity contribution in [2.24, 2.45) is 0 Å². The maximum Gasteiger partial charge on any atom is 0.0241 e. The molecule has 0 aromatic heterocycles. The second-order valence-electron chi connectivity index (χ2n) is 5.89. The Hall–Kier alpha value is -0.120. The number of likely N-dealkylation sites (tertiary alicyclic amines) is 1. The van der Waals surface area contributed by atoms with Crippen LogP contribution in [0, 0.1) is 0 Å². The Balaban J connectivity index is 1.91. The van der Waals surface area contributed by atoms with Gasteiger partial charge in [0.1, 0.15) is 0 Å². The molecule has 3 heteroatoms. The van der Waals surface area contributed by atoms with E-state index in [1.807, 2.05) is 0 Å². The van der Waals surface area contributed by atoms with Crippen molar-refractivity contribution in [2.45, 2.75) is 31.8 Å². The second-order valence-corrected chi connectivity index (χ2v) is 5.89. The molecule has 0 N–H and O–H groups in total. The minimum atomic E-state index is 0.397. The fourth-order valence-electron chi connectivity index (χ4n) is 2.79. The van der Waals surface area contributed by atoms with Gasteiger partial charge >= 0.3 is 0 Å². The molecule has 1 unspecified atom stereocenters. The zero-order chi connectivity index (χ0) is 11.1. The van der Waals surface area contributed by atoms with Crippen LogP contribution >= 0.6 is 0 Å². The molecule has 1 atom stereocenters. The molecule has 0 bridgehead atoms. The zero-order valence-corrected chi connectivity index (χ0v) is 10.7. The minimum Gasteiger partial charge on any atom is -0.304 e. The average Bonchev–Trinajstić information content (AvgIpc) is 2.42. The first-order chi connectivity index (χ1) is 6.99. The lowest BCUT2D eigenvalue weighted by Crippen LogP contribution is -2.49. The van der Waals surface area contributed by atoms with Gasteiger partial charge in [0.25, 0.3) is 0 Å². The molecule has 0 aromatic rings. The molecule has 15 heavy (non-hydrogen) atoms. The van der Waals surface area contributed by atoms with Gasteiger partial charge in [-0.3, -0.25) is 9.80 Å². The molecule has 0 radical (unpaired) electrons. The Morgan fingerprint density at radius 1 is 1.00 bits per heavy atom. The van der Waals surface area contributed by atoms with Crippen LogP contribution in [-0.4, -0.2) is 73.1 Å². The van der Waals surface area contributed by atoms with Crippen molar-refractivity contribution in [3.05, 3.63) is 0 Å². The quantitative estimate of drug-likeness (QED) is 0.633. The van der Waals surface area contributed by atoms with Crippen LogP contribution in [0.15, 0.2) is 0 Å². The van der Waals surface area contributed by atoms with Gasteiger partial charge in [-0.05, 0) is 34.4 Å². The van der Waals surface area contributed by atoms with E-state index in [1.54, 1.807) is 0 Å². The van der Waals surface area contributed by atoms with E-state index < -0.39 is 0 Å². The maximum absolute atomic E-state index is 2.69. The Morgan fingerprint density at radius 3 is 2.07 bits per heavy atom. The van der Waals surface area contributed by atoms with Gasteiger partial charge in [0.05, 0.1) is 0 Å². The largest absolute Gasteiger partial charge is 0.304 e. The van der Waals surface area contributed by atoms with Crippen molar-refractivity contribution in [1.82, 2.24) is 14.7 Å². The lowest BCUT2D eigenvalue weighted by atomic mass is 9.99. The molecule has 88 valence electrons. The lowest BCUT2D eigenvalue weighted by Gasteiger charge is -2.36. The van der Waals surface area contributed by atoms with Crippen molar-refractivity contribution in [2.75, 3.05) is 46.8 Å². The van der Waals surface area contributed by atoms with Crippen molar-refractivity contribution in [3.63, 3.8) is 0 Å². The van der Waals surface area contributed by atoms with Crippen molar-refractivity contribution < 1.29 is 0 Å². The zero-order valence-electron chi connectivity index (χ0n) is 10.7. The normalized spacial score (nSPS) is 34.8. The molecule has 2 saturated heterocycles. The third-order valence-corrected chi connectivity index (χ3v) is 4.31. The van der Waals surface area contributed by atoms with Gasteiger partial charge in [0.2, 0.25) is 0 Å². The van der Waals surface area contributed by atoms with Crippen LogP contribution in [0.2, 0.25) is 0 Å². The highest BCUT2D eigenvalue weighted by atomic mass is 15.3. The van der Waals surface area contributed by atoms with Gasteiger partial charge < -0.3 is 4.90 Å². The molecule has 0 aliphatic carbocycles. The summed E-state index contributed by atoms with van der Waals surface area (Å²) in [7, 11) is 4.48. The summed E-state index contributed by atoms with van der Waals surface area (Å²) in [6.45, 7) is 11.0.